The average molecular weight is 291 g/mol. The lowest BCUT2D eigenvalue weighted by Crippen LogP contribution is -2.13. The Hall–Kier alpha value is -0.260. The molecule has 0 aromatic carbocycles. The number of allylic oxidation sites excluding steroid dienone is 2. The minimum Gasteiger partial charge on any atom is -0.0707 e. The quantitative estimate of drug-likeness (QED) is 0.478. The first-order chi connectivity index (χ1) is 9.80. The summed E-state index contributed by atoms with van der Waals surface area (Å²) in [4.78, 5) is 0. The fourth-order valence-corrected chi connectivity index (χ4v) is 4.72. The van der Waals surface area contributed by atoms with Crippen LogP contribution in [0.15, 0.2) is 11.1 Å². The summed E-state index contributed by atoms with van der Waals surface area (Å²) in [5.41, 5.74) is 4.23. The van der Waals surface area contributed by atoms with Crippen LogP contribution in [0, 0.1) is 29.1 Å². The molecule has 122 valence electrons. The molecule has 0 spiro atoms. The van der Waals surface area contributed by atoms with Gasteiger partial charge in [0.15, 0.2) is 0 Å². The molecule has 0 heteroatoms. The van der Waals surface area contributed by atoms with E-state index in [-0.39, 0.29) is 0 Å². The Bertz CT molecular complexity index is 368. The van der Waals surface area contributed by atoms with Crippen molar-refractivity contribution in [2.45, 2.75) is 92.9 Å². The zero-order valence-electron chi connectivity index (χ0n) is 15.5. The number of rotatable bonds is 5. The Kier molecular flexibility index (Phi) is 5.60. The van der Waals surface area contributed by atoms with Crippen molar-refractivity contribution >= 4 is 0 Å². The number of hydrogen-bond acceptors (Lipinski definition) is 0. The van der Waals surface area contributed by atoms with E-state index in [4.69, 9.17) is 0 Å². The van der Waals surface area contributed by atoms with Crippen molar-refractivity contribution in [1.29, 1.82) is 0 Å². The van der Waals surface area contributed by atoms with Crippen LogP contribution in [0.2, 0.25) is 0 Å². The first kappa shape index (κ1) is 17.1. The molecule has 0 nitrogen and oxygen atoms in total. The van der Waals surface area contributed by atoms with E-state index in [2.05, 4.69) is 41.5 Å². The molecule has 4 unspecified atom stereocenters. The van der Waals surface area contributed by atoms with Gasteiger partial charge in [-0.25, -0.2) is 0 Å². The lowest BCUT2D eigenvalue weighted by Gasteiger charge is -2.25. The van der Waals surface area contributed by atoms with Crippen LogP contribution in [0.4, 0.5) is 0 Å². The van der Waals surface area contributed by atoms with Crippen molar-refractivity contribution in [2.24, 2.45) is 29.1 Å². The summed E-state index contributed by atoms with van der Waals surface area (Å²) in [7, 11) is 0. The van der Waals surface area contributed by atoms with Crippen LogP contribution in [-0.4, -0.2) is 0 Å². The van der Waals surface area contributed by atoms with E-state index in [1.54, 1.807) is 0 Å². The summed E-state index contributed by atoms with van der Waals surface area (Å²) < 4.78 is 0. The molecule has 4 atom stereocenters. The minimum absolute atomic E-state index is 0.505. The molecule has 0 heterocycles. The minimum atomic E-state index is 0.505. The van der Waals surface area contributed by atoms with Crippen LogP contribution in [0.3, 0.4) is 0 Å². The highest BCUT2D eigenvalue weighted by molar-refractivity contribution is 5.24. The summed E-state index contributed by atoms with van der Waals surface area (Å²) in [6, 6.07) is 0. The maximum absolute atomic E-state index is 2.52. The molecule has 2 rings (SSSR count). The normalized spacial score (nSPS) is 32.0. The molecule has 0 aliphatic heterocycles. The molecule has 0 aromatic rings. The van der Waals surface area contributed by atoms with Crippen molar-refractivity contribution < 1.29 is 0 Å². The molecule has 0 bridgehead atoms. The molecule has 2 aliphatic rings. The van der Waals surface area contributed by atoms with Crippen molar-refractivity contribution in [1.82, 2.24) is 0 Å². The third-order valence-electron chi connectivity index (χ3n) is 6.16. The van der Waals surface area contributed by atoms with E-state index >= 15 is 0 Å². The standard InChI is InChI=1S/C21H38/c1-7-17-12-15(2)13-20(17)19-9-8-18(14-19)16(3)10-11-21(4,5)6/h15-16,18-19H,7-14H2,1-6H3. The Morgan fingerprint density at radius 2 is 1.86 bits per heavy atom. The van der Waals surface area contributed by atoms with Crippen LogP contribution in [0.5, 0.6) is 0 Å². The summed E-state index contributed by atoms with van der Waals surface area (Å²) in [6.07, 6.45) is 11.4. The molecule has 0 saturated heterocycles. The van der Waals surface area contributed by atoms with Gasteiger partial charge in [0.2, 0.25) is 0 Å². The Morgan fingerprint density at radius 1 is 1.14 bits per heavy atom. The molecule has 0 N–H and O–H groups in total. The van der Waals surface area contributed by atoms with Gasteiger partial charge in [0.25, 0.3) is 0 Å². The van der Waals surface area contributed by atoms with Gasteiger partial charge in [-0.2, -0.15) is 0 Å². The lowest BCUT2D eigenvalue weighted by atomic mass is 9.81. The van der Waals surface area contributed by atoms with Crippen molar-refractivity contribution in [2.75, 3.05) is 0 Å². The average Bonchev–Trinajstić information content (AvgIpc) is 3.00. The van der Waals surface area contributed by atoms with E-state index in [1.807, 2.05) is 11.1 Å². The van der Waals surface area contributed by atoms with Crippen LogP contribution >= 0.6 is 0 Å². The van der Waals surface area contributed by atoms with Gasteiger partial charge < -0.3 is 0 Å². The zero-order valence-corrected chi connectivity index (χ0v) is 15.5. The summed E-state index contributed by atoms with van der Waals surface area (Å²) in [5.74, 6) is 3.80. The number of hydrogen-bond donors (Lipinski definition) is 0. The monoisotopic (exact) mass is 290 g/mol. The predicted octanol–water partition coefficient (Wildman–Crippen LogP) is 7.00. The van der Waals surface area contributed by atoms with Crippen LogP contribution < -0.4 is 0 Å². The summed E-state index contributed by atoms with van der Waals surface area (Å²) in [5, 5.41) is 0. The van der Waals surface area contributed by atoms with E-state index < -0.39 is 0 Å². The molecule has 0 radical (unpaired) electrons. The van der Waals surface area contributed by atoms with Gasteiger partial charge in [-0.05, 0) is 80.5 Å². The maximum atomic E-state index is 2.52. The lowest BCUT2D eigenvalue weighted by molar-refractivity contribution is 0.272. The van der Waals surface area contributed by atoms with Crippen molar-refractivity contribution in [3.63, 3.8) is 0 Å². The van der Waals surface area contributed by atoms with Gasteiger partial charge >= 0.3 is 0 Å². The molecule has 1 saturated carbocycles. The summed E-state index contributed by atoms with van der Waals surface area (Å²) >= 11 is 0. The van der Waals surface area contributed by atoms with Gasteiger partial charge in [0, 0.05) is 0 Å². The molecule has 0 aromatic heterocycles. The van der Waals surface area contributed by atoms with Gasteiger partial charge in [0.1, 0.15) is 0 Å². The van der Waals surface area contributed by atoms with Crippen LogP contribution in [0.1, 0.15) is 92.9 Å². The largest absolute Gasteiger partial charge is 0.0707 e. The van der Waals surface area contributed by atoms with Gasteiger partial charge in [-0.3, -0.25) is 0 Å². The predicted molar refractivity (Wildman–Crippen MR) is 94.4 cm³/mol. The Morgan fingerprint density at radius 3 is 2.48 bits per heavy atom. The van der Waals surface area contributed by atoms with Gasteiger partial charge in [-0.15, -0.1) is 0 Å². The first-order valence-corrected chi connectivity index (χ1v) is 9.51. The second kappa shape index (κ2) is 6.88. The van der Waals surface area contributed by atoms with E-state index in [9.17, 15) is 0 Å². The molecular formula is C21H38. The van der Waals surface area contributed by atoms with E-state index in [0.717, 1.165) is 23.7 Å². The topological polar surface area (TPSA) is 0 Å². The highest BCUT2D eigenvalue weighted by Crippen LogP contribution is 2.47. The third kappa shape index (κ3) is 4.60. The fraction of sp³-hybridized carbons (Fsp3) is 0.905. The van der Waals surface area contributed by atoms with Gasteiger partial charge in [0.05, 0.1) is 0 Å². The first-order valence-electron chi connectivity index (χ1n) is 9.51. The van der Waals surface area contributed by atoms with Crippen molar-refractivity contribution in [3.05, 3.63) is 11.1 Å². The summed E-state index contributed by atoms with van der Waals surface area (Å²) in [6.45, 7) is 14.5. The maximum Gasteiger partial charge on any atom is -0.0198 e. The molecule has 1 fully saturated rings. The highest BCUT2D eigenvalue weighted by Gasteiger charge is 2.34. The van der Waals surface area contributed by atoms with Gasteiger partial charge in [-0.1, -0.05) is 52.7 Å². The fourth-order valence-electron chi connectivity index (χ4n) is 4.72. The van der Waals surface area contributed by atoms with E-state index in [0.29, 0.717) is 5.41 Å². The Labute approximate surface area is 133 Å². The SMILES string of the molecule is CCC1=C(C2CCC(C(C)CCC(C)(C)C)C2)CC(C)C1. The zero-order chi connectivity index (χ0) is 15.6. The van der Waals surface area contributed by atoms with Crippen molar-refractivity contribution in [3.8, 4) is 0 Å². The highest BCUT2D eigenvalue weighted by atomic mass is 14.4. The van der Waals surface area contributed by atoms with Crippen LogP contribution in [-0.2, 0) is 0 Å². The second-order valence-electron chi connectivity index (χ2n) is 9.34. The van der Waals surface area contributed by atoms with E-state index in [1.165, 1.54) is 51.4 Å². The molecular weight excluding hydrogens is 252 g/mol. The molecule has 2 aliphatic carbocycles. The molecule has 21 heavy (non-hydrogen) atoms. The second-order valence-corrected chi connectivity index (χ2v) is 9.34. The third-order valence-corrected chi connectivity index (χ3v) is 6.16. The van der Waals surface area contributed by atoms with Crippen LogP contribution in [0.25, 0.3) is 0 Å². The Balaban J connectivity index is 1.88. The smallest absolute Gasteiger partial charge is 0.0198 e. The molecule has 0 amide bonds.